The fraction of sp³-hybridized carbons (Fsp3) is 0.765. The van der Waals surface area contributed by atoms with Crippen LogP contribution in [0.2, 0.25) is 0 Å². The molecule has 2 rings (SSSR count). The van der Waals surface area contributed by atoms with Crippen LogP contribution in [0, 0.1) is 0 Å². The van der Waals surface area contributed by atoms with Crippen molar-refractivity contribution in [2.75, 3.05) is 72.1 Å². The summed E-state index contributed by atoms with van der Waals surface area (Å²) in [6.45, 7) is 25.0. The lowest BCUT2D eigenvalue weighted by Crippen LogP contribution is -2.54. The van der Waals surface area contributed by atoms with Crippen molar-refractivity contribution in [1.29, 1.82) is 0 Å². The van der Waals surface area contributed by atoms with E-state index in [1.165, 1.54) is 63.5 Å². The van der Waals surface area contributed by atoms with Gasteiger partial charge >= 0.3 is 0 Å². The fourth-order valence-electron chi connectivity index (χ4n) is 3.22. The van der Waals surface area contributed by atoms with E-state index >= 15 is 0 Å². The van der Waals surface area contributed by atoms with Crippen LogP contribution in [0.15, 0.2) is 24.3 Å². The van der Waals surface area contributed by atoms with Gasteiger partial charge < -0.3 is 0 Å². The van der Waals surface area contributed by atoms with Gasteiger partial charge in [0, 0.05) is 65.4 Å². The maximum absolute atomic E-state index is 4.01. The summed E-state index contributed by atoms with van der Waals surface area (Å²) in [7, 11) is 0. The molecule has 0 aromatic rings. The maximum Gasteiger partial charge on any atom is 0.0508 e. The van der Waals surface area contributed by atoms with Crippen LogP contribution in [-0.2, 0) is 0 Å². The third-order valence-electron chi connectivity index (χ3n) is 4.32. The number of hydrogen-bond acceptors (Lipinski definition) is 4. The smallest absolute Gasteiger partial charge is 0.0508 e. The first-order valence-electron chi connectivity index (χ1n) is 8.21. The molecule has 0 atom stereocenters. The molecule has 2 saturated heterocycles. The Balaban J connectivity index is 1.64. The predicted molar refractivity (Wildman–Crippen MR) is 90.5 cm³/mol. The van der Waals surface area contributed by atoms with Crippen molar-refractivity contribution in [1.82, 2.24) is 19.6 Å². The summed E-state index contributed by atoms with van der Waals surface area (Å²) in [4.78, 5) is 10.2. The zero-order valence-electron chi connectivity index (χ0n) is 14.0. The Morgan fingerprint density at radius 1 is 0.619 bits per heavy atom. The number of rotatable bonds is 6. The van der Waals surface area contributed by atoms with Gasteiger partial charge in [0.2, 0.25) is 0 Å². The molecule has 2 aliphatic heterocycles. The standard InChI is InChI=1S/C17H32N4/c1-16(2)13-18-5-9-20(10-6-18)15-21-11-7-19(8-12-21)14-17(3)4/h1,3,5-15H2,2,4H3. The lowest BCUT2D eigenvalue weighted by Gasteiger charge is -2.40. The minimum Gasteiger partial charge on any atom is -0.297 e. The summed E-state index contributed by atoms with van der Waals surface area (Å²) >= 11 is 0. The molecule has 0 saturated carbocycles. The van der Waals surface area contributed by atoms with Gasteiger partial charge in [0.05, 0.1) is 6.67 Å². The molecule has 2 aliphatic rings. The summed E-state index contributed by atoms with van der Waals surface area (Å²) in [6, 6.07) is 0. The van der Waals surface area contributed by atoms with E-state index in [2.05, 4.69) is 46.6 Å². The van der Waals surface area contributed by atoms with Gasteiger partial charge in [0.25, 0.3) is 0 Å². The summed E-state index contributed by atoms with van der Waals surface area (Å²) in [6.07, 6.45) is 0. The minimum absolute atomic E-state index is 1.06. The normalized spacial score (nSPS) is 23.3. The third kappa shape index (κ3) is 5.91. The molecular formula is C17H32N4. The molecule has 0 aliphatic carbocycles. The summed E-state index contributed by atoms with van der Waals surface area (Å²) < 4.78 is 0. The van der Waals surface area contributed by atoms with Crippen LogP contribution in [-0.4, -0.2) is 91.7 Å². The maximum atomic E-state index is 4.01. The molecule has 0 N–H and O–H groups in total. The molecular weight excluding hydrogens is 260 g/mol. The predicted octanol–water partition coefficient (Wildman–Crippen LogP) is 1.33. The van der Waals surface area contributed by atoms with Crippen molar-refractivity contribution in [3.8, 4) is 0 Å². The van der Waals surface area contributed by atoms with Gasteiger partial charge in [-0.15, -0.1) is 0 Å². The van der Waals surface area contributed by atoms with E-state index in [1.54, 1.807) is 0 Å². The summed E-state index contributed by atoms with van der Waals surface area (Å²) in [5, 5.41) is 0. The van der Waals surface area contributed by atoms with Gasteiger partial charge in [-0.1, -0.05) is 24.3 Å². The van der Waals surface area contributed by atoms with E-state index in [9.17, 15) is 0 Å². The number of nitrogens with zero attached hydrogens (tertiary/aromatic N) is 4. The van der Waals surface area contributed by atoms with E-state index in [-0.39, 0.29) is 0 Å². The molecule has 0 radical (unpaired) electrons. The molecule has 120 valence electrons. The lowest BCUT2D eigenvalue weighted by atomic mass is 10.2. The van der Waals surface area contributed by atoms with Crippen molar-refractivity contribution in [3.05, 3.63) is 24.3 Å². The van der Waals surface area contributed by atoms with Crippen molar-refractivity contribution in [3.63, 3.8) is 0 Å². The van der Waals surface area contributed by atoms with Crippen LogP contribution in [0.1, 0.15) is 13.8 Å². The second-order valence-corrected chi connectivity index (χ2v) is 6.84. The molecule has 0 bridgehead atoms. The average molecular weight is 292 g/mol. The molecule has 2 heterocycles. The zero-order chi connectivity index (χ0) is 15.2. The molecule has 0 aromatic carbocycles. The van der Waals surface area contributed by atoms with Gasteiger partial charge in [0.1, 0.15) is 0 Å². The largest absolute Gasteiger partial charge is 0.297 e. The molecule has 0 aromatic heterocycles. The van der Waals surface area contributed by atoms with Crippen molar-refractivity contribution in [2.24, 2.45) is 0 Å². The van der Waals surface area contributed by atoms with Crippen LogP contribution >= 0.6 is 0 Å². The van der Waals surface area contributed by atoms with E-state index in [1.807, 2.05) is 0 Å². The highest BCUT2D eigenvalue weighted by molar-refractivity contribution is 4.94. The highest BCUT2D eigenvalue weighted by Crippen LogP contribution is 2.08. The van der Waals surface area contributed by atoms with Gasteiger partial charge in [-0.05, 0) is 13.8 Å². The van der Waals surface area contributed by atoms with Gasteiger partial charge in [0.15, 0.2) is 0 Å². The van der Waals surface area contributed by atoms with Crippen LogP contribution in [0.3, 0.4) is 0 Å². The molecule has 21 heavy (non-hydrogen) atoms. The van der Waals surface area contributed by atoms with E-state index < -0.39 is 0 Å². The zero-order valence-corrected chi connectivity index (χ0v) is 14.0. The van der Waals surface area contributed by atoms with Gasteiger partial charge in [-0.25, -0.2) is 0 Å². The molecule has 4 nitrogen and oxygen atoms in total. The van der Waals surface area contributed by atoms with Crippen LogP contribution in [0.25, 0.3) is 0 Å². The monoisotopic (exact) mass is 292 g/mol. The Bertz CT molecular complexity index is 316. The highest BCUT2D eigenvalue weighted by atomic mass is 15.4. The van der Waals surface area contributed by atoms with Crippen LogP contribution in [0.4, 0.5) is 0 Å². The van der Waals surface area contributed by atoms with Crippen molar-refractivity contribution < 1.29 is 0 Å². The Morgan fingerprint density at radius 2 is 0.905 bits per heavy atom. The third-order valence-corrected chi connectivity index (χ3v) is 4.32. The van der Waals surface area contributed by atoms with E-state index in [0.717, 1.165) is 19.8 Å². The molecule has 0 unspecified atom stereocenters. The lowest BCUT2D eigenvalue weighted by molar-refractivity contribution is 0.0489. The Morgan fingerprint density at radius 3 is 1.19 bits per heavy atom. The molecule has 0 amide bonds. The van der Waals surface area contributed by atoms with Gasteiger partial charge in [-0.3, -0.25) is 19.6 Å². The van der Waals surface area contributed by atoms with Crippen LogP contribution in [0.5, 0.6) is 0 Å². The highest BCUT2D eigenvalue weighted by Gasteiger charge is 2.21. The van der Waals surface area contributed by atoms with Crippen LogP contribution < -0.4 is 0 Å². The first-order chi connectivity index (χ1) is 10.0. The topological polar surface area (TPSA) is 13.0 Å². The summed E-state index contributed by atoms with van der Waals surface area (Å²) in [5.74, 6) is 0. The quantitative estimate of drug-likeness (QED) is 0.685. The molecule has 4 heteroatoms. The van der Waals surface area contributed by atoms with Crippen molar-refractivity contribution >= 4 is 0 Å². The van der Waals surface area contributed by atoms with E-state index in [4.69, 9.17) is 0 Å². The minimum atomic E-state index is 1.06. The second-order valence-electron chi connectivity index (χ2n) is 6.84. The number of piperazine rings is 2. The van der Waals surface area contributed by atoms with Crippen molar-refractivity contribution in [2.45, 2.75) is 13.8 Å². The summed E-state index contributed by atoms with van der Waals surface area (Å²) in [5.41, 5.74) is 2.55. The molecule has 2 fully saturated rings. The Hall–Kier alpha value is -0.680. The van der Waals surface area contributed by atoms with E-state index in [0.29, 0.717) is 0 Å². The van der Waals surface area contributed by atoms with Gasteiger partial charge in [-0.2, -0.15) is 0 Å². The Labute approximate surface area is 130 Å². The molecule has 0 spiro atoms. The first kappa shape index (κ1) is 16.7. The fourth-order valence-corrected chi connectivity index (χ4v) is 3.22. The first-order valence-corrected chi connectivity index (χ1v) is 8.21. The number of hydrogen-bond donors (Lipinski definition) is 0. The average Bonchev–Trinajstić information content (AvgIpc) is 2.42. The second kappa shape index (κ2) is 8.08. The Kier molecular flexibility index (Phi) is 6.42. The SMILES string of the molecule is C=C(C)CN1CCN(CN2CCN(CC(=C)C)CC2)CC1.